The van der Waals surface area contributed by atoms with Crippen LogP contribution in [0.1, 0.15) is 17.8 Å². The van der Waals surface area contributed by atoms with E-state index in [4.69, 9.17) is 5.11 Å². The van der Waals surface area contributed by atoms with Crippen LogP contribution in [0.5, 0.6) is 0 Å². The van der Waals surface area contributed by atoms with Gasteiger partial charge in [0.15, 0.2) is 0 Å². The van der Waals surface area contributed by atoms with Crippen LogP contribution in [0, 0.1) is 0 Å². The third-order valence-corrected chi connectivity index (χ3v) is 4.65. The van der Waals surface area contributed by atoms with Crippen molar-refractivity contribution in [1.29, 1.82) is 0 Å². The average molecular weight is 297 g/mol. The van der Waals surface area contributed by atoms with Crippen molar-refractivity contribution < 1.29 is 9.90 Å². The van der Waals surface area contributed by atoms with Crippen LogP contribution in [0.4, 0.5) is 0 Å². The predicted octanol–water partition coefficient (Wildman–Crippen LogP) is 0.535. The first kappa shape index (κ1) is 15.4. The molecule has 1 fully saturated rings. The van der Waals surface area contributed by atoms with Gasteiger partial charge in [0.1, 0.15) is 0 Å². The van der Waals surface area contributed by atoms with Crippen molar-refractivity contribution in [2.75, 3.05) is 45.9 Å². The van der Waals surface area contributed by atoms with Crippen LogP contribution in [0.15, 0.2) is 17.5 Å². The standard InChI is InChI=1S/C14H23N3O2S/c1-12(13-3-2-10-20-13)15-14(19)11-17-6-4-16(5-7-17)8-9-18/h2-3,10,12,18H,4-9,11H2,1H3,(H,15,19)/t12-/m0/s1. The maximum absolute atomic E-state index is 12.0. The van der Waals surface area contributed by atoms with E-state index in [-0.39, 0.29) is 18.6 Å². The van der Waals surface area contributed by atoms with Crippen molar-refractivity contribution >= 4 is 17.2 Å². The Hall–Kier alpha value is -0.950. The second-order valence-corrected chi connectivity index (χ2v) is 6.13. The molecule has 1 aromatic rings. The molecule has 0 aromatic carbocycles. The number of piperazine rings is 1. The number of aliphatic hydroxyl groups is 1. The smallest absolute Gasteiger partial charge is 0.234 e. The summed E-state index contributed by atoms with van der Waals surface area (Å²) in [5, 5.41) is 14.0. The van der Waals surface area contributed by atoms with Gasteiger partial charge in [-0.05, 0) is 18.4 Å². The summed E-state index contributed by atoms with van der Waals surface area (Å²) in [5.41, 5.74) is 0. The number of rotatable bonds is 6. The number of thiophene rings is 1. The molecule has 0 unspecified atom stereocenters. The molecule has 0 radical (unpaired) electrons. The number of nitrogens with one attached hydrogen (secondary N) is 1. The number of aliphatic hydroxyl groups excluding tert-OH is 1. The molecule has 1 amide bonds. The summed E-state index contributed by atoms with van der Waals surface area (Å²) in [4.78, 5) is 17.6. The zero-order chi connectivity index (χ0) is 14.4. The lowest BCUT2D eigenvalue weighted by atomic mass is 10.2. The van der Waals surface area contributed by atoms with Gasteiger partial charge in [-0.2, -0.15) is 0 Å². The molecule has 1 atom stereocenters. The Bertz CT molecular complexity index is 403. The highest BCUT2D eigenvalue weighted by atomic mass is 32.1. The highest BCUT2D eigenvalue weighted by Crippen LogP contribution is 2.17. The molecule has 2 heterocycles. The van der Waals surface area contributed by atoms with Crippen LogP contribution in [0.2, 0.25) is 0 Å². The molecule has 2 rings (SSSR count). The minimum atomic E-state index is 0.0816. The predicted molar refractivity (Wildman–Crippen MR) is 80.8 cm³/mol. The number of β-amino-alcohol motifs (C(OH)–C–C–N with tert-alkyl or cyclic N) is 1. The fourth-order valence-electron chi connectivity index (χ4n) is 2.41. The van der Waals surface area contributed by atoms with E-state index in [9.17, 15) is 4.79 Å². The van der Waals surface area contributed by atoms with Crippen molar-refractivity contribution in [1.82, 2.24) is 15.1 Å². The maximum atomic E-state index is 12.0. The van der Waals surface area contributed by atoms with Gasteiger partial charge in [-0.15, -0.1) is 11.3 Å². The van der Waals surface area contributed by atoms with Gasteiger partial charge in [0.05, 0.1) is 19.2 Å². The van der Waals surface area contributed by atoms with E-state index in [0.717, 1.165) is 32.7 Å². The summed E-state index contributed by atoms with van der Waals surface area (Å²) in [6.45, 7) is 7.05. The number of carbonyl (C=O) groups is 1. The Morgan fingerprint density at radius 2 is 2.10 bits per heavy atom. The Balaban J connectivity index is 1.70. The molecule has 1 aromatic heterocycles. The first-order chi connectivity index (χ1) is 9.69. The Kier molecular flexibility index (Phi) is 5.97. The summed E-state index contributed by atoms with van der Waals surface area (Å²) in [6, 6.07) is 4.13. The van der Waals surface area contributed by atoms with E-state index in [0.29, 0.717) is 6.54 Å². The molecule has 0 saturated carbocycles. The van der Waals surface area contributed by atoms with Crippen LogP contribution in [-0.2, 0) is 4.79 Å². The fourth-order valence-corrected chi connectivity index (χ4v) is 3.15. The summed E-state index contributed by atoms with van der Waals surface area (Å²) in [7, 11) is 0. The highest BCUT2D eigenvalue weighted by molar-refractivity contribution is 7.10. The number of nitrogens with zero attached hydrogens (tertiary/aromatic N) is 2. The summed E-state index contributed by atoms with van der Waals surface area (Å²) >= 11 is 1.67. The van der Waals surface area contributed by atoms with Gasteiger partial charge < -0.3 is 10.4 Å². The third kappa shape index (κ3) is 4.56. The summed E-state index contributed by atoms with van der Waals surface area (Å²) in [6.07, 6.45) is 0. The molecule has 112 valence electrons. The van der Waals surface area contributed by atoms with Gasteiger partial charge in [0.2, 0.25) is 5.91 Å². The van der Waals surface area contributed by atoms with Crippen molar-refractivity contribution in [3.8, 4) is 0 Å². The topological polar surface area (TPSA) is 55.8 Å². The molecule has 0 spiro atoms. The minimum absolute atomic E-state index is 0.0816. The molecular weight excluding hydrogens is 274 g/mol. The summed E-state index contributed by atoms with van der Waals surface area (Å²) in [5.74, 6) is 0.0847. The zero-order valence-electron chi connectivity index (χ0n) is 11.9. The molecule has 1 saturated heterocycles. The second-order valence-electron chi connectivity index (χ2n) is 5.15. The Morgan fingerprint density at radius 3 is 2.70 bits per heavy atom. The molecule has 20 heavy (non-hydrogen) atoms. The number of hydrogen-bond donors (Lipinski definition) is 2. The van der Waals surface area contributed by atoms with Gasteiger partial charge in [-0.25, -0.2) is 0 Å². The van der Waals surface area contributed by atoms with Gasteiger partial charge in [-0.3, -0.25) is 14.6 Å². The number of amides is 1. The maximum Gasteiger partial charge on any atom is 0.234 e. The molecule has 2 N–H and O–H groups in total. The number of hydrogen-bond acceptors (Lipinski definition) is 5. The van der Waals surface area contributed by atoms with E-state index in [2.05, 4.69) is 15.1 Å². The van der Waals surface area contributed by atoms with E-state index in [1.54, 1.807) is 11.3 Å². The second kappa shape index (κ2) is 7.73. The van der Waals surface area contributed by atoms with Crippen molar-refractivity contribution in [2.45, 2.75) is 13.0 Å². The molecule has 1 aliphatic rings. The molecule has 5 nitrogen and oxygen atoms in total. The Morgan fingerprint density at radius 1 is 1.40 bits per heavy atom. The van der Waals surface area contributed by atoms with Crippen LogP contribution in [0.25, 0.3) is 0 Å². The quantitative estimate of drug-likeness (QED) is 0.804. The first-order valence-electron chi connectivity index (χ1n) is 7.07. The van der Waals surface area contributed by atoms with Crippen LogP contribution in [0.3, 0.4) is 0 Å². The van der Waals surface area contributed by atoms with E-state index in [1.165, 1.54) is 4.88 Å². The monoisotopic (exact) mass is 297 g/mol. The van der Waals surface area contributed by atoms with Crippen molar-refractivity contribution in [3.05, 3.63) is 22.4 Å². The highest BCUT2D eigenvalue weighted by Gasteiger charge is 2.19. The van der Waals surface area contributed by atoms with Crippen LogP contribution in [-0.4, -0.2) is 66.7 Å². The molecular formula is C14H23N3O2S. The third-order valence-electron chi connectivity index (χ3n) is 3.60. The average Bonchev–Trinajstić information content (AvgIpc) is 2.95. The van der Waals surface area contributed by atoms with Gasteiger partial charge in [0, 0.05) is 37.6 Å². The normalized spacial score (nSPS) is 18.9. The van der Waals surface area contributed by atoms with E-state index in [1.807, 2.05) is 24.4 Å². The lowest BCUT2D eigenvalue weighted by Crippen LogP contribution is -2.50. The van der Waals surface area contributed by atoms with Gasteiger partial charge in [0.25, 0.3) is 0 Å². The molecule has 6 heteroatoms. The van der Waals surface area contributed by atoms with Gasteiger partial charge >= 0.3 is 0 Å². The SMILES string of the molecule is C[C@H](NC(=O)CN1CCN(CCO)CC1)c1cccs1. The Labute approximate surface area is 124 Å². The van der Waals surface area contributed by atoms with Crippen LogP contribution < -0.4 is 5.32 Å². The largest absolute Gasteiger partial charge is 0.395 e. The van der Waals surface area contributed by atoms with E-state index >= 15 is 0 Å². The fraction of sp³-hybridized carbons (Fsp3) is 0.643. The van der Waals surface area contributed by atoms with Crippen molar-refractivity contribution in [2.24, 2.45) is 0 Å². The molecule has 0 aliphatic carbocycles. The van der Waals surface area contributed by atoms with Crippen LogP contribution >= 0.6 is 11.3 Å². The minimum Gasteiger partial charge on any atom is -0.395 e. The molecule has 1 aliphatic heterocycles. The van der Waals surface area contributed by atoms with E-state index < -0.39 is 0 Å². The first-order valence-corrected chi connectivity index (χ1v) is 7.95. The van der Waals surface area contributed by atoms with Gasteiger partial charge in [-0.1, -0.05) is 6.07 Å². The zero-order valence-corrected chi connectivity index (χ0v) is 12.7. The lowest BCUT2D eigenvalue weighted by molar-refractivity contribution is -0.123. The number of carbonyl (C=O) groups excluding carboxylic acids is 1. The lowest BCUT2D eigenvalue weighted by Gasteiger charge is -2.34. The molecule has 0 bridgehead atoms. The van der Waals surface area contributed by atoms with Crippen molar-refractivity contribution in [3.63, 3.8) is 0 Å². The summed E-state index contributed by atoms with van der Waals surface area (Å²) < 4.78 is 0.